The smallest absolute Gasteiger partial charge is 0.0728 e. The number of pyridine rings is 2. The van der Waals surface area contributed by atoms with E-state index in [-0.39, 0.29) is 0 Å². The quantitative estimate of drug-likeness (QED) is 0.417. The van der Waals surface area contributed by atoms with E-state index in [1.165, 1.54) is 73.5 Å². The van der Waals surface area contributed by atoms with Gasteiger partial charge in [-0.3, -0.25) is 9.97 Å². The number of benzene rings is 1. The zero-order valence-corrected chi connectivity index (χ0v) is 14.0. The van der Waals surface area contributed by atoms with E-state index in [0.29, 0.717) is 0 Å². The van der Waals surface area contributed by atoms with Gasteiger partial charge >= 0.3 is 0 Å². The van der Waals surface area contributed by atoms with Crippen LogP contribution in [0.4, 0.5) is 0 Å². The predicted molar refractivity (Wildman–Crippen MR) is 101 cm³/mol. The van der Waals surface area contributed by atoms with Gasteiger partial charge < -0.3 is 4.40 Å². The summed E-state index contributed by atoms with van der Waals surface area (Å²) in [5.41, 5.74) is 9.49. The predicted octanol–water partition coefficient (Wildman–Crippen LogP) is 4.60. The van der Waals surface area contributed by atoms with Crippen LogP contribution in [0.15, 0.2) is 30.6 Å². The fourth-order valence-corrected chi connectivity index (χ4v) is 5.49. The van der Waals surface area contributed by atoms with Gasteiger partial charge in [-0.05, 0) is 49.7 Å². The minimum atomic E-state index is 1.13. The standard InChI is InChI=1S/C22H17N3/c1-6-14-20-12-4-2-8-16(12)23-10-18(20)25-19-11-24-17-9-3-5-13(17)21(19)15(7-1)22(14)25/h1,6-7,10-11H,2-5,8-9H2. The summed E-state index contributed by atoms with van der Waals surface area (Å²) >= 11 is 0. The zero-order valence-electron chi connectivity index (χ0n) is 14.0. The molecule has 0 bridgehead atoms. The number of aryl methyl sites for hydroxylation is 4. The SMILES string of the molecule is c1cc2c3c4c(ncc3n3c5cnc6c(c5c(c1)c23)CCC6)CCC4. The monoisotopic (exact) mass is 323 g/mol. The fraction of sp³-hybridized carbons (Fsp3) is 0.273. The molecule has 3 nitrogen and oxygen atoms in total. The van der Waals surface area contributed by atoms with Crippen LogP contribution in [0.3, 0.4) is 0 Å². The molecule has 0 spiro atoms. The summed E-state index contributed by atoms with van der Waals surface area (Å²) in [6.07, 6.45) is 11.3. The number of nitrogens with zero attached hydrogens (tertiary/aromatic N) is 3. The van der Waals surface area contributed by atoms with Gasteiger partial charge in [0.1, 0.15) is 0 Å². The lowest BCUT2D eigenvalue weighted by molar-refractivity contribution is 0.900. The number of fused-ring (bicyclic) bond motifs is 10. The van der Waals surface area contributed by atoms with Crippen molar-refractivity contribution in [2.45, 2.75) is 38.5 Å². The van der Waals surface area contributed by atoms with Gasteiger partial charge in [-0.15, -0.1) is 0 Å². The highest BCUT2D eigenvalue weighted by atomic mass is 14.9. The van der Waals surface area contributed by atoms with Crippen LogP contribution in [0.5, 0.6) is 0 Å². The second-order valence-electron chi connectivity index (χ2n) is 7.63. The van der Waals surface area contributed by atoms with Gasteiger partial charge in [0.05, 0.1) is 28.9 Å². The molecule has 5 aromatic rings. The first-order valence-electron chi connectivity index (χ1n) is 9.37. The van der Waals surface area contributed by atoms with Crippen molar-refractivity contribution < 1.29 is 0 Å². The maximum atomic E-state index is 4.82. The second kappa shape index (κ2) is 4.10. The Kier molecular flexibility index (Phi) is 2.08. The minimum absolute atomic E-state index is 1.13. The molecule has 7 rings (SSSR count). The third-order valence-electron chi connectivity index (χ3n) is 6.46. The van der Waals surface area contributed by atoms with Gasteiger partial charge in [-0.1, -0.05) is 18.2 Å². The molecule has 4 heterocycles. The van der Waals surface area contributed by atoms with Crippen LogP contribution in [0, 0.1) is 0 Å². The summed E-state index contributed by atoms with van der Waals surface area (Å²) in [6, 6.07) is 6.84. The molecule has 0 fully saturated rings. The molecule has 2 aliphatic rings. The van der Waals surface area contributed by atoms with Gasteiger partial charge in [-0.2, -0.15) is 0 Å². The van der Waals surface area contributed by atoms with E-state index in [0.717, 1.165) is 25.7 Å². The maximum absolute atomic E-state index is 4.82. The van der Waals surface area contributed by atoms with Crippen molar-refractivity contribution >= 4 is 38.1 Å². The molecule has 120 valence electrons. The van der Waals surface area contributed by atoms with Crippen LogP contribution in [0.2, 0.25) is 0 Å². The van der Waals surface area contributed by atoms with E-state index >= 15 is 0 Å². The van der Waals surface area contributed by atoms with Gasteiger partial charge in [0.25, 0.3) is 0 Å². The van der Waals surface area contributed by atoms with E-state index < -0.39 is 0 Å². The first kappa shape index (κ1) is 12.6. The molecule has 0 radical (unpaired) electrons. The fourth-order valence-electron chi connectivity index (χ4n) is 5.49. The van der Waals surface area contributed by atoms with E-state index in [9.17, 15) is 0 Å². The van der Waals surface area contributed by atoms with Crippen molar-refractivity contribution in [2.75, 3.05) is 0 Å². The van der Waals surface area contributed by atoms with E-state index in [2.05, 4.69) is 35.0 Å². The van der Waals surface area contributed by atoms with Crippen LogP contribution < -0.4 is 0 Å². The Morgan fingerprint density at radius 2 is 1.28 bits per heavy atom. The Labute approximate surface area is 144 Å². The highest BCUT2D eigenvalue weighted by molar-refractivity contribution is 6.24. The van der Waals surface area contributed by atoms with Crippen molar-refractivity contribution in [1.82, 2.24) is 14.4 Å². The summed E-state index contributed by atoms with van der Waals surface area (Å²) < 4.78 is 2.44. The third-order valence-corrected chi connectivity index (χ3v) is 6.46. The average molecular weight is 323 g/mol. The number of hydrogen-bond acceptors (Lipinski definition) is 2. The minimum Gasteiger partial charge on any atom is -0.305 e. The molecule has 0 aliphatic heterocycles. The van der Waals surface area contributed by atoms with E-state index in [4.69, 9.17) is 9.97 Å². The number of rotatable bonds is 0. The van der Waals surface area contributed by atoms with Crippen molar-refractivity contribution in [1.29, 1.82) is 0 Å². The molecule has 0 atom stereocenters. The molecular weight excluding hydrogens is 306 g/mol. The lowest BCUT2D eigenvalue weighted by atomic mass is 10.0. The van der Waals surface area contributed by atoms with Crippen LogP contribution in [-0.2, 0) is 25.7 Å². The molecule has 1 aromatic carbocycles. The van der Waals surface area contributed by atoms with Crippen molar-refractivity contribution in [3.8, 4) is 0 Å². The highest BCUT2D eigenvalue weighted by Gasteiger charge is 2.26. The molecule has 0 N–H and O–H groups in total. The zero-order chi connectivity index (χ0) is 16.1. The number of para-hydroxylation sites is 1. The largest absolute Gasteiger partial charge is 0.305 e. The van der Waals surface area contributed by atoms with Gasteiger partial charge in [0, 0.05) is 32.9 Å². The van der Waals surface area contributed by atoms with Gasteiger partial charge in [-0.25, -0.2) is 0 Å². The lowest BCUT2D eigenvalue weighted by Gasteiger charge is -2.05. The number of aromatic nitrogens is 3. The van der Waals surface area contributed by atoms with E-state index in [1.807, 2.05) is 0 Å². The van der Waals surface area contributed by atoms with Crippen LogP contribution in [0.1, 0.15) is 35.4 Å². The summed E-state index contributed by atoms with van der Waals surface area (Å²) in [7, 11) is 0. The Morgan fingerprint density at radius 1 is 0.720 bits per heavy atom. The molecule has 3 heteroatoms. The summed E-state index contributed by atoms with van der Waals surface area (Å²) in [5.74, 6) is 0. The molecule has 0 saturated heterocycles. The molecule has 2 aliphatic carbocycles. The molecule has 0 amide bonds. The van der Waals surface area contributed by atoms with Crippen LogP contribution in [-0.4, -0.2) is 14.4 Å². The summed E-state index contributed by atoms with van der Waals surface area (Å²) in [6.45, 7) is 0. The molecule has 4 aromatic heterocycles. The lowest BCUT2D eigenvalue weighted by Crippen LogP contribution is -1.92. The van der Waals surface area contributed by atoms with Crippen molar-refractivity contribution in [3.05, 3.63) is 53.1 Å². The van der Waals surface area contributed by atoms with E-state index in [1.54, 1.807) is 0 Å². The van der Waals surface area contributed by atoms with Crippen molar-refractivity contribution in [2.24, 2.45) is 0 Å². The first-order valence-corrected chi connectivity index (χ1v) is 9.37. The van der Waals surface area contributed by atoms with Gasteiger partial charge in [0.15, 0.2) is 0 Å². The van der Waals surface area contributed by atoms with Crippen LogP contribution >= 0.6 is 0 Å². The average Bonchev–Trinajstić information content (AvgIpc) is 3.38. The molecule has 0 saturated carbocycles. The maximum Gasteiger partial charge on any atom is 0.0728 e. The Hall–Kier alpha value is -2.68. The molecule has 25 heavy (non-hydrogen) atoms. The first-order chi connectivity index (χ1) is 12.4. The Bertz CT molecular complexity index is 1240. The topological polar surface area (TPSA) is 30.2 Å². The van der Waals surface area contributed by atoms with Crippen LogP contribution in [0.25, 0.3) is 38.1 Å². The Balaban J connectivity index is 1.83. The highest BCUT2D eigenvalue weighted by Crippen LogP contribution is 2.43. The third kappa shape index (κ3) is 1.33. The Morgan fingerprint density at radius 3 is 1.84 bits per heavy atom. The van der Waals surface area contributed by atoms with Crippen molar-refractivity contribution in [3.63, 3.8) is 0 Å². The summed E-state index contributed by atoms with van der Waals surface area (Å²) in [5, 5.41) is 5.67. The normalized spacial score (nSPS) is 16.6. The molecular formula is C22H17N3. The van der Waals surface area contributed by atoms with Gasteiger partial charge in [0.2, 0.25) is 0 Å². The molecule has 0 unspecified atom stereocenters. The summed E-state index contributed by atoms with van der Waals surface area (Å²) in [4.78, 5) is 9.64. The second-order valence-corrected chi connectivity index (χ2v) is 7.63. The number of hydrogen-bond donors (Lipinski definition) is 0.